The number of nitrogens with one attached hydrogen (secondary N) is 2. The summed E-state index contributed by atoms with van der Waals surface area (Å²) in [5.74, 6) is 0.381. The number of halogens is 3. The number of urea groups is 1. The van der Waals surface area contributed by atoms with E-state index >= 15 is 0 Å². The molecule has 0 spiro atoms. The molecule has 0 aliphatic carbocycles. The molecule has 2 amide bonds. The van der Waals surface area contributed by atoms with Gasteiger partial charge in [0.15, 0.2) is 0 Å². The maximum atomic E-state index is 11.9. The van der Waals surface area contributed by atoms with Crippen LogP contribution in [0.25, 0.3) is 0 Å². The van der Waals surface area contributed by atoms with E-state index in [0.717, 1.165) is 0 Å². The topological polar surface area (TPSA) is 76.4 Å². The van der Waals surface area contributed by atoms with E-state index in [-0.39, 0.29) is 17.3 Å². The molecule has 20 heavy (non-hydrogen) atoms. The zero-order valence-electron chi connectivity index (χ0n) is 10.2. The summed E-state index contributed by atoms with van der Waals surface area (Å²) in [6.07, 6.45) is -4.46. The molecule has 1 aromatic carbocycles. The summed E-state index contributed by atoms with van der Waals surface area (Å²) < 4.78 is 40.9. The molecule has 0 saturated carbocycles. The number of benzene rings is 1. The van der Waals surface area contributed by atoms with E-state index < -0.39 is 18.8 Å². The fourth-order valence-electron chi connectivity index (χ4n) is 1.17. The van der Waals surface area contributed by atoms with E-state index in [4.69, 9.17) is 10.5 Å². The predicted molar refractivity (Wildman–Crippen MR) is 71.8 cm³/mol. The summed E-state index contributed by atoms with van der Waals surface area (Å²) in [5.41, 5.74) is 5.54. The lowest BCUT2D eigenvalue weighted by Gasteiger charge is -2.11. The smallest absolute Gasteiger partial charge is 0.405 e. The van der Waals surface area contributed by atoms with Crippen LogP contribution in [0.2, 0.25) is 0 Å². The van der Waals surface area contributed by atoms with Gasteiger partial charge in [-0.2, -0.15) is 13.2 Å². The van der Waals surface area contributed by atoms with E-state index in [0.29, 0.717) is 5.75 Å². The van der Waals surface area contributed by atoms with E-state index in [9.17, 15) is 18.0 Å². The second kappa shape index (κ2) is 6.94. The van der Waals surface area contributed by atoms with Crippen LogP contribution in [-0.4, -0.2) is 30.3 Å². The normalized spacial score (nSPS) is 10.8. The Morgan fingerprint density at radius 3 is 2.70 bits per heavy atom. The van der Waals surface area contributed by atoms with Crippen molar-refractivity contribution in [3.63, 3.8) is 0 Å². The Morgan fingerprint density at radius 1 is 1.40 bits per heavy atom. The quantitative estimate of drug-likeness (QED) is 0.728. The largest absolute Gasteiger partial charge is 0.486 e. The summed E-state index contributed by atoms with van der Waals surface area (Å²) in [7, 11) is 0. The van der Waals surface area contributed by atoms with Crippen molar-refractivity contribution in [1.82, 2.24) is 5.32 Å². The Hall–Kier alpha value is -2.03. The fraction of sp³-hybridized carbons (Fsp3) is 0.273. The van der Waals surface area contributed by atoms with Gasteiger partial charge in [0.2, 0.25) is 0 Å². The van der Waals surface area contributed by atoms with Gasteiger partial charge in [0.1, 0.15) is 23.9 Å². The highest BCUT2D eigenvalue weighted by molar-refractivity contribution is 7.80. The second-order valence-electron chi connectivity index (χ2n) is 3.71. The molecule has 0 saturated heterocycles. The Bertz CT molecular complexity index is 494. The van der Waals surface area contributed by atoms with Gasteiger partial charge in [0.05, 0.1) is 0 Å². The van der Waals surface area contributed by atoms with E-state index in [1.165, 1.54) is 12.1 Å². The Balaban J connectivity index is 2.53. The summed E-state index contributed by atoms with van der Waals surface area (Å²) in [6.45, 7) is -1.38. The third-order valence-corrected chi connectivity index (χ3v) is 2.04. The van der Waals surface area contributed by atoms with Gasteiger partial charge in [-0.15, -0.1) is 0 Å². The highest BCUT2D eigenvalue weighted by Gasteiger charge is 2.27. The van der Waals surface area contributed by atoms with Gasteiger partial charge >= 0.3 is 12.2 Å². The number of hydrogen-bond acceptors (Lipinski definition) is 3. The average Bonchev–Trinajstić information content (AvgIpc) is 2.34. The standard InChI is InChI=1S/C11H12F3N3O2S/c12-11(13,14)6-16-10(18)17-7-2-1-3-8(4-7)19-5-9(15)20/h1-4H,5-6H2,(H2,15,20)(H2,16,17,18). The first-order valence-corrected chi connectivity index (χ1v) is 5.80. The number of rotatable bonds is 5. The Labute approximate surface area is 118 Å². The first kappa shape index (κ1) is 16.0. The number of ether oxygens (including phenoxy) is 1. The highest BCUT2D eigenvalue weighted by atomic mass is 32.1. The third kappa shape index (κ3) is 6.78. The number of anilines is 1. The van der Waals surface area contributed by atoms with Crippen LogP contribution in [0.1, 0.15) is 0 Å². The molecule has 0 bridgehead atoms. The lowest BCUT2D eigenvalue weighted by molar-refractivity contribution is -0.122. The fourth-order valence-corrected chi connectivity index (χ4v) is 1.23. The Morgan fingerprint density at radius 2 is 2.10 bits per heavy atom. The van der Waals surface area contributed by atoms with Crippen LogP contribution in [0.3, 0.4) is 0 Å². The molecular formula is C11H12F3N3O2S. The number of carbonyl (C=O) groups is 1. The molecule has 1 rings (SSSR count). The van der Waals surface area contributed by atoms with E-state index in [1.54, 1.807) is 17.4 Å². The molecular weight excluding hydrogens is 295 g/mol. The van der Waals surface area contributed by atoms with Gasteiger partial charge in [-0.25, -0.2) is 4.79 Å². The molecule has 0 atom stereocenters. The van der Waals surface area contributed by atoms with Crippen LogP contribution in [0, 0.1) is 0 Å². The predicted octanol–water partition coefficient (Wildman–Crippen LogP) is 2.04. The summed E-state index contributed by atoms with van der Waals surface area (Å²) in [4.78, 5) is 11.4. The first-order chi connectivity index (χ1) is 9.26. The maximum Gasteiger partial charge on any atom is 0.405 e. The van der Waals surface area contributed by atoms with Crippen LogP contribution in [0.4, 0.5) is 23.7 Å². The van der Waals surface area contributed by atoms with E-state index in [1.807, 2.05) is 0 Å². The minimum atomic E-state index is -4.46. The second-order valence-corrected chi connectivity index (χ2v) is 4.23. The number of carbonyl (C=O) groups excluding carboxylic acids is 1. The molecule has 5 nitrogen and oxygen atoms in total. The van der Waals surface area contributed by atoms with Gasteiger partial charge in [-0.1, -0.05) is 18.3 Å². The van der Waals surface area contributed by atoms with Gasteiger partial charge in [-0.3, -0.25) is 0 Å². The average molecular weight is 307 g/mol. The van der Waals surface area contributed by atoms with Crippen LogP contribution in [0.15, 0.2) is 24.3 Å². The molecule has 4 N–H and O–H groups in total. The van der Waals surface area contributed by atoms with Crippen molar-refractivity contribution in [3.8, 4) is 5.75 Å². The van der Waals surface area contributed by atoms with Crippen LogP contribution in [-0.2, 0) is 0 Å². The van der Waals surface area contributed by atoms with E-state index in [2.05, 4.69) is 17.5 Å². The van der Waals surface area contributed by atoms with Crippen molar-refractivity contribution >= 4 is 28.9 Å². The van der Waals surface area contributed by atoms with Crippen molar-refractivity contribution in [2.75, 3.05) is 18.5 Å². The van der Waals surface area contributed by atoms with Crippen LogP contribution < -0.4 is 21.1 Å². The van der Waals surface area contributed by atoms with Crippen molar-refractivity contribution in [1.29, 1.82) is 0 Å². The number of amides is 2. The number of thiocarbonyl (C=S) groups is 1. The minimum Gasteiger partial charge on any atom is -0.486 e. The van der Waals surface area contributed by atoms with Crippen molar-refractivity contribution in [2.24, 2.45) is 5.73 Å². The van der Waals surface area contributed by atoms with Crippen LogP contribution >= 0.6 is 12.2 Å². The van der Waals surface area contributed by atoms with Crippen molar-refractivity contribution in [3.05, 3.63) is 24.3 Å². The minimum absolute atomic E-state index is 0.0268. The maximum absolute atomic E-state index is 11.9. The molecule has 0 aliphatic rings. The number of nitrogens with two attached hydrogens (primary N) is 1. The molecule has 0 unspecified atom stereocenters. The molecule has 9 heteroatoms. The zero-order valence-corrected chi connectivity index (χ0v) is 11.0. The van der Waals surface area contributed by atoms with Gasteiger partial charge in [0, 0.05) is 11.8 Å². The third-order valence-electron chi connectivity index (χ3n) is 1.92. The monoisotopic (exact) mass is 307 g/mol. The molecule has 0 radical (unpaired) electrons. The summed E-state index contributed by atoms with van der Waals surface area (Å²) >= 11 is 4.63. The van der Waals surface area contributed by atoms with Gasteiger partial charge in [-0.05, 0) is 12.1 Å². The molecule has 1 aromatic rings. The molecule has 0 heterocycles. The first-order valence-electron chi connectivity index (χ1n) is 5.39. The van der Waals surface area contributed by atoms with Crippen molar-refractivity contribution < 1.29 is 22.7 Å². The molecule has 110 valence electrons. The molecule has 0 fully saturated rings. The summed E-state index contributed by atoms with van der Waals surface area (Å²) in [5, 5.41) is 3.93. The lowest BCUT2D eigenvalue weighted by atomic mass is 10.3. The number of hydrogen-bond donors (Lipinski definition) is 3. The number of alkyl halides is 3. The summed E-state index contributed by atoms with van der Waals surface area (Å²) in [6, 6.07) is 5.13. The van der Waals surface area contributed by atoms with Gasteiger partial charge < -0.3 is 21.1 Å². The zero-order chi connectivity index (χ0) is 15.2. The van der Waals surface area contributed by atoms with Gasteiger partial charge in [0.25, 0.3) is 0 Å². The highest BCUT2D eigenvalue weighted by Crippen LogP contribution is 2.17. The lowest BCUT2D eigenvalue weighted by Crippen LogP contribution is -2.36. The van der Waals surface area contributed by atoms with Crippen LogP contribution in [0.5, 0.6) is 5.75 Å². The van der Waals surface area contributed by atoms with Crippen molar-refractivity contribution in [2.45, 2.75) is 6.18 Å². The molecule has 0 aliphatic heterocycles. The SMILES string of the molecule is NC(=S)COc1cccc(NC(=O)NCC(F)(F)F)c1. The molecule has 0 aromatic heterocycles. The Kier molecular flexibility index (Phi) is 5.56.